The number of methoxy groups -OCH3 is 1. The average molecular weight is 187 g/mol. The summed E-state index contributed by atoms with van der Waals surface area (Å²) in [6.07, 6.45) is 2.86. The van der Waals surface area contributed by atoms with E-state index in [4.69, 9.17) is 15.2 Å². The molecule has 1 fully saturated rings. The van der Waals surface area contributed by atoms with Gasteiger partial charge in [0.1, 0.15) is 6.04 Å². The Kier molecular flexibility index (Phi) is 4.18. The minimum Gasteiger partial charge on any atom is -0.464 e. The molecule has 4 heteroatoms. The summed E-state index contributed by atoms with van der Waals surface area (Å²) in [7, 11) is 1.62. The smallest absolute Gasteiger partial charge is 0.323 e. The Bertz CT molecular complexity index is 168. The molecule has 0 amide bonds. The molecule has 1 rings (SSSR count). The van der Waals surface area contributed by atoms with Crippen molar-refractivity contribution >= 4 is 5.97 Å². The van der Waals surface area contributed by atoms with Gasteiger partial charge in [0.05, 0.1) is 6.61 Å². The first-order valence-corrected chi connectivity index (χ1v) is 4.67. The first-order chi connectivity index (χ1) is 6.25. The van der Waals surface area contributed by atoms with E-state index < -0.39 is 6.04 Å². The maximum absolute atomic E-state index is 11.2. The number of nitrogens with two attached hydrogens (primary N) is 1. The van der Waals surface area contributed by atoms with Crippen LogP contribution in [-0.4, -0.2) is 32.3 Å². The maximum atomic E-state index is 11.2. The van der Waals surface area contributed by atoms with Gasteiger partial charge in [-0.3, -0.25) is 4.79 Å². The highest BCUT2D eigenvalue weighted by Crippen LogP contribution is 2.31. The average Bonchev–Trinajstić information content (AvgIpc) is 2.94. The summed E-state index contributed by atoms with van der Waals surface area (Å²) in [6, 6.07) is -0.400. The molecular weight excluding hydrogens is 170 g/mol. The molecule has 2 N–H and O–H groups in total. The molecule has 0 bridgehead atoms. The second kappa shape index (κ2) is 5.19. The molecule has 0 spiro atoms. The molecule has 1 unspecified atom stereocenters. The SMILES string of the molecule is COCCCOC(=O)C(N)C1CC1. The topological polar surface area (TPSA) is 61.5 Å². The van der Waals surface area contributed by atoms with Gasteiger partial charge in [0.15, 0.2) is 0 Å². The van der Waals surface area contributed by atoms with Crippen molar-refractivity contribution in [2.45, 2.75) is 25.3 Å². The van der Waals surface area contributed by atoms with Crippen LogP contribution in [0.15, 0.2) is 0 Å². The lowest BCUT2D eigenvalue weighted by Gasteiger charge is -2.09. The lowest BCUT2D eigenvalue weighted by atomic mass is 10.2. The summed E-state index contributed by atoms with van der Waals surface area (Å²) in [6.45, 7) is 1.03. The van der Waals surface area contributed by atoms with Crippen molar-refractivity contribution in [2.24, 2.45) is 11.7 Å². The Balaban J connectivity index is 2.02. The Morgan fingerprint density at radius 1 is 1.54 bits per heavy atom. The van der Waals surface area contributed by atoms with Gasteiger partial charge >= 0.3 is 5.97 Å². The predicted molar refractivity (Wildman–Crippen MR) is 48.2 cm³/mol. The molecule has 0 aromatic rings. The fourth-order valence-electron chi connectivity index (χ4n) is 1.12. The zero-order chi connectivity index (χ0) is 9.68. The molecule has 0 saturated heterocycles. The Morgan fingerprint density at radius 2 is 2.23 bits per heavy atom. The zero-order valence-electron chi connectivity index (χ0n) is 7.99. The molecule has 1 aliphatic carbocycles. The minimum absolute atomic E-state index is 0.265. The molecule has 1 aliphatic rings. The molecule has 0 heterocycles. The van der Waals surface area contributed by atoms with Gasteiger partial charge in [-0.1, -0.05) is 0 Å². The van der Waals surface area contributed by atoms with E-state index in [0.717, 1.165) is 19.3 Å². The molecule has 0 aromatic heterocycles. The first kappa shape index (κ1) is 10.5. The fraction of sp³-hybridized carbons (Fsp3) is 0.889. The van der Waals surface area contributed by atoms with E-state index in [1.807, 2.05) is 0 Å². The molecule has 76 valence electrons. The van der Waals surface area contributed by atoms with Crippen molar-refractivity contribution in [3.8, 4) is 0 Å². The summed E-state index contributed by atoms with van der Waals surface area (Å²) >= 11 is 0. The second-order valence-electron chi connectivity index (χ2n) is 3.38. The summed E-state index contributed by atoms with van der Waals surface area (Å²) in [5, 5.41) is 0. The fourth-order valence-corrected chi connectivity index (χ4v) is 1.12. The van der Waals surface area contributed by atoms with E-state index >= 15 is 0 Å². The van der Waals surface area contributed by atoms with E-state index in [1.165, 1.54) is 0 Å². The van der Waals surface area contributed by atoms with Crippen molar-refractivity contribution in [3.63, 3.8) is 0 Å². The van der Waals surface area contributed by atoms with Crippen LogP contribution in [0, 0.1) is 5.92 Å². The molecule has 0 aliphatic heterocycles. The van der Waals surface area contributed by atoms with Crippen molar-refractivity contribution < 1.29 is 14.3 Å². The van der Waals surface area contributed by atoms with E-state index in [1.54, 1.807) is 7.11 Å². The summed E-state index contributed by atoms with van der Waals surface area (Å²) in [4.78, 5) is 11.2. The Hall–Kier alpha value is -0.610. The van der Waals surface area contributed by atoms with Crippen LogP contribution in [0.4, 0.5) is 0 Å². The highest BCUT2D eigenvalue weighted by atomic mass is 16.5. The van der Waals surface area contributed by atoms with Crippen LogP contribution in [0.5, 0.6) is 0 Å². The molecule has 4 nitrogen and oxygen atoms in total. The molecule has 0 aromatic carbocycles. The van der Waals surface area contributed by atoms with Crippen molar-refractivity contribution in [1.82, 2.24) is 0 Å². The third-order valence-electron chi connectivity index (χ3n) is 2.14. The van der Waals surface area contributed by atoms with Crippen LogP contribution in [0.2, 0.25) is 0 Å². The number of hydrogen-bond acceptors (Lipinski definition) is 4. The van der Waals surface area contributed by atoms with Gasteiger partial charge in [-0.25, -0.2) is 0 Å². The Morgan fingerprint density at radius 3 is 2.77 bits per heavy atom. The van der Waals surface area contributed by atoms with E-state index in [2.05, 4.69) is 0 Å². The second-order valence-corrected chi connectivity index (χ2v) is 3.38. The number of ether oxygens (including phenoxy) is 2. The van der Waals surface area contributed by atoms with E-state index in [9.17, 15) is 4.79 Å². The zero-order valence-corrected chi connectivity index (χ0v) is 7.99. The minimum atomic E-state index is -0.400. The third kappa shape index (κ3) is 3.74. The molecule has 0 radical (unpaired) electrons. The van der Waals surface area contributed by atoms with Crippen LogP contribution in [0.3, 0.4) is 0 Å². The number of esters is 1. The van der Waals surface area contributed by atoms with Crippen molar-refractivity contribution in [3.05, 3.63) is 0 Å². The lowest BCUT2D eigenvalue weighted by molar-refractivity contribution is -0.146. The highest BCUT2D eigenvalue weighted by Gasteiger charge is 2.34. The lowest BCUT2D eigenvalue weighted by Crippen LogP contribution is -2.34. The van der Waals surface area contributed by atoms with Crippen LogP contribution in [-0.2, 0) is 14.3 Å². The quantitative estimate of drug-likeness (QED) is 0.480. The normalized spacial score (nSPS) is 18.3. The van der Waals surface area contributed by atoms with E-state index in [0.29, 0.717) is 19.1 Å². The molecule has 1 saturated carbocycles. The molecular formula is C9H17NO3. The molecule has 13 heavy (non-hydrogen) atoms. The third-order valence-corrected chi connectivity index (χ3v) is 2.14. The van der Waals surface area contributed by atoms with Crippen molar-refractivity contribution in [1.29, 1.82) is 0 Å². The van der Waals surface area contributed by atoms with Crippen LogP contribution >= 0.6 is 0 Å². The highest BCUT2D eigenvalue weighted by molar-refractivity contribution is 5.76. The Labute approximate surface area is 78.4 Å². The van der Waals surface area contributed by atoms with E-state index in [-0.39, 0.29) is 5.97 Å². The summed E-state index contributed by atoms with van der Waals surface area (Å²) in [5.41, 5.74) is 5.63. The number of carbonyl (C=O) groups excluding carboxylic acids is 1. The molecule has 1 atom stereocenters. The van der Waals surface area contributed by atoms with Gasteiger partial charge in [0.2, 0.25) is 0 Å². The van der Waals surface area contributed by atoms with Gasteiger partial charge < -0.3 is 15.2 Å². The van der Waals surface area contributed by atoms with Gasteiger partial charge in [-0.2, -0.15) is 0 Å². The summed E-state index contributed by atoms with van der Waals surface area (Å²) < 4.78 is 9.78. The first-order valence-electron chi connectivity index (χ1n) is 4.67. The van der Waals surface area contributed by atoms with Gasteiger partial charge in [-0.15, -0.1) is 0 Å². The number of carbonyl (C=O) groups is 1. The maximum Gasteiger partial charge on any atom is 0.323 e. The van der Waals surface area contributed by atoms with Crippen LogP contribution in [0.25, 0.3) is 0 Å². The number of rotatable bonds is 6. The largest absolute Gasteiger partial charge is 0.464 e. The number of hydrogen-bond donors (Lipinski definition) is 1. The van der Waals surface area contributed by atoms with Crippen molar-refractivity contribution in [2.75, 3.05) is 20.3 Å². The van der Waals surface area contributed by atoms with Gasteiger partial charge in [0.25, 0.3) is 0 Å². The predicted octanol–water partition coefficient (Wildman–Crippen LogP) is 0.303. The van der Waals surface area contributed by atoms with Crippen LogP contribution < -0.4 is 5.73 Å². The van der Waals surface area contributed by atoms with Gasteiger partial charge in [-0.05, 0) is 18.8 Å². The monoisotopic (exact) mass is 187 g/mol. The standard InChI is InChI=1S/C9H17NO3/c1-12-5-2-6-13-9(11)8(10)7-3-4-7/h7-8H,2-6,10H2,1H3. The van der Waals surface area contributed by atoms with Crippen LogP contribution in [0.1, 0.15) is 19.3 Å². The van der Waals surface area contributed by atoms with Gasteiger partial charge in [0, 0.05) is 20.1 Å². The summed E-state index contributed by atoms with van der Waals surface area (Å²) in [5.74, 6) is 0.105.